The van der Waals surface area contributed by atoms with E-state index in [9.17, 15) is 19.5 Å². The fourth-order valence-electron chi connectivity index (χ4n) is 2.97. The van der Waals surface area contributed by atoms with Gasteiger partial charge in [-0.2, -0.15) is 0 Å². The second kappa shape index (κ2) is 9.25. The molecule has 0 spiro atoms. The number of hydrogen-bond donors (Lipinski definition) is 2. The van der Waals surface area contributed by atoms with Crippen LogP contribution in [0.2, 0.25) is 0 Å². The van der Waals surface area contributed by atoms with Gasteiger partial charge in [0.1, 0.15) is 0 Å². The molecule has 1 heterocycles. The summed E-state index contributed by atoms with van der Waals surface area (Å²) in [5.41, 5.74) is 0.386. The van der Waals surface area contributed by atoms with E-state index in [1.165, 1.54) is 7.11 Å². The second-order valence-corrected chi connectivity index (χ2v) is 6.81. The van der Waals surface area contributed by atoms with Gasteiger partial charge in [0, 0.05) is 24.7 Å². The minimum Gasteiger partial charge on any atom is -0.493 e. The van der Waals surface area contributed by atoms with Crippen LogP contribution in [0.4, 0.5) is 0 Å². The first-order chi connectivity index (χ1) is 12.8. The number of carboxylic acid groups (broad SMARTS) is 1. The number of nitrogens with one attached hydrogen (secondary N) is 1. The Labute approximate surface area is 158 Å². The number of ether oxygens (including phenoxy) is 2. The molecular weight excluding hydrogens is 352 g/mol. The molecule has 1 aromatic rings. The van der Waals surface area contributed by atoms with Crippen molar-refractivity contribution in [1.29, 1.82) is 0 Å². The highest BCUT2D eigenvalue weighted by atomic mass is 16.5. The van der Waals surface area contributed by atoms with E-state index in [1.54, 1.807) is 23.1 Å². The number of rotatable bonds is 7. The zero-order valence-corrected chi connectivity index (χ0v) is 15.9. The zero-order chi connectivity index (χ0) is 20.0. The number of methoxy groups -OCH3 is 1. The Balaban J connectivity index is 2.07. The second-order valence-electron chi connectivity index (χ2n) is 6.81. The van der Waals surface area contributed by atoms with Crippen LogP contribution in [0.1, 0.15) is 37.0 Å². The lowest BCUT2D eigenvalue weighted by Crippen LogP contribution is -2.42. The van der Waals surface area contributed by atoms with Gasteiger partial charge in [0.2, 0.25) is 0 Å². The number of carboxylic acids is 1. The first-order valence-electron chi connectivity index (χ1n) is 8.94. The molecule has 2 rings (SSSR count). The normalized spacial score (nSPS) is 16.7. The fourth-order valence-corrected chi connectivity index (χ4v) is 2.97. The number of benzene rings is 1. The molecular formula is C19H26N2O6. The number of amides is 2. The maximum atomic E-state index is 12.7. The predicted octanol–water partition coefficient (Wildman–Crippen LogP) is 1.54. The molecule has 1 fully saturated rings. The number of likely N-dealkylation sites (tertiary alicyclic amines) is 1. The van der Waals surface area contributed by atoms with Crippen molar-refractivity contribution in [3.8, 4) is 11.5 Å². The molecule has 27 heavy (non-hydrogen) atoms. The average Bonchev–Trinajstić information content (AvgIpc) is 2.65. The SMILES string of the molecule is COc1cc(C(=O)N2CCC[C@H](C(=O)O)C2)ccc1OCC(=O)NC(C)C. The molecule has 0 unspecified atom stereocenters. The number of hydrogen-bond acceptors (Lipinski definition) is 5. The summed E-state index contributed by atoms with van der Waals surface area (Å²) in [6.07, 6.45) is 1.24. The molecule has 1 aromatic carbocycles. The van der Waals surface area contributed by atoms with Crippen molar-refractivity contribution < 1.29 is 29.0 Å². The molecule has 1 aliphatic heterocycles. The van der Waals surface area contributed by atoms with Gasteiger partial charge < -0.3 is 24.8 Å². The van der Waals surface area contributed by atoms with Crippen LogP contribution in [-0.2, 0) is 9.59 Å². The molecule has 0 radical (unpaired) electrons. The summed E-state index contributed by atoms with van der Waals surface area (Å²) < 4.78 is 10.8. The van der Waals surface area contributed by atoms with Crippen LogP contribution in [0.15, 0.2) is 18.2 Å². The van der Waals surface area contributed by atoms with Crippen molar-refractivity contribution >= 4 is 17.8 Å². The Morgan fingerprint density at radius 2 is 2.04 bits per heavy atom. The van der Waals surface area contributed by atoms with Gasteiger partial charge in [0.05, 0.1) is 13.0 Å². The molecule has 0 saturated carbocycles. The van der Waals surface area contributed by atoms with E-state index in [0.717, 1.165) is 0 Å². The van der Waals surface area contributed by atoms with Crippen LogP contribution >= 0.6 is 0 Å². The number of piperidine rings is 1. The predicted molar refractivity (Wildman–Crippen MR) is 98.0 cm³/mol. The lowest BCUT2D eigenvalue weighted by molar-refractivity contribution is -0.143. The maximum absolute atomic E-state index is 12.7. The van der Waals surface area contributed by atoms with Crippen molar-refractivity contribution in [3.05, 3.63) is 23.8 Å². The van der Waals surface area contributed by atoms with Gasteiger partial charge in [-0.1, -0.05) is 0 Å². The molecule has 1 saturated heterocycles. The topological polar surface area (TPSA) is 105 Å². The van der Waals surface area contributed by atoms with Crippen LogP contribution in [0, 0.1) is 5.92 Å². The third-order valence-corrected chi connectivity index (χ3v) is 4.28. The number of aliphatic carboxylic acids is 1. The van der Waals surface area contributed by atoms with Gasteiger partial charge >= 0.3 is 5.97 Å². The van der Waals surface area contributed by atoms with Gasteiger partial charge in [-0.25, -0.2) is 0 Å². The monoisotopic (exact) mass is 378 g/mol. The van der Waals surface area contributed by atoms with E-state index in [0.29, 0.717) is 36.4 Å². The summed E-state index contributed by atoms with van der Waals surface area (Å²) >= 11 is 0. The first kappa shape index (κ1) is 20.5. The molecule has 0 bridgehead atoms. The molecule has 2 N–H and O–H groups in total. The Kier molecular flexibility index (Phi) is 7.04. The highest BCUT2D eigenvalue weighted by Crippen LogP contribution is 2.29. The zero-order valence-electron chi connectivity index (χ0n) is 15.9. The Hall–Kier alpha value is -2.77. The van der Waals surface area contributed by atoms with Crippen LogP contribution in [0.25, 0.3) is 0 Å². The fraction of sp³-hybridized carbons (Fsp3) is 0.526. The molecule has 8 heteroatoms. The first-order valence-corrected chi connectivity index (χ1v) is 8.94. The third kappa shape index (κ3) is 5.60. The van der Waals surface area contributed by atoms with E-state index in [4.69, 9.17) is 9.47 Å². The third-order valence-electron chi connectivity index (χ3n) is 4.28. The minimum absolute atomic E-state index is 0.0159. The van der Waals surface area contributed by atoms with E-state index >= 15 is 0 Å². The Morgan fingerprint density at radius 1 is 1.30 bits per heavy atom. The summed E-state index contributed by atoms with van der Waals surface area (Å²) in [4.78, 5) is 37.2. The van der Waals surface area contributed by atoms with E-state index in [-0.39, 0.29) is 31.0 Å². The molecule has 1 aliphatic rings. The summed E-state index contributed by atoms with van der Waals surface area (Å²) in [6, 6.07) is 4.72. The van der Waals surface area contributed by atoms with Crippen molar-refractivity contribution in [2.75, 3.05) is 26.8 Å². The number of carbonyl (C=O) groups excluding carboxylic acids is 2. The quantitative estimate of drug-likeness (QED) is 0.746. The van der Waals surface area contributed by atoms with Crippen LogP contribution in [-0.4, -0.2) is 60.6 Å². The summed E-state index contributed by atoms with van der Waals surface area (Å²) in [7, 11) is 1.45. The molecule has 148 valence electrons. The van der Waals surface area contributed by atoms with Gasteiger partial charge in [-0.05, 0) is 44.9 Å². The van der Waals surface area contributed by atoms with Gasteiger partial charge in [0.15, 0.2) is 18.1 Å². The summed E-state index contributed by atoms with van der Waals surface area (Å²) in [6.45, 7) is 4.28. The average molecular weight is 378 g/mol. The largest absolute Gasteiger partial charge is 0.493 e. The number of carbonyl (C=O) groups is 3. The standard InChI is InChI=1S/C19H26N2O6/c1-12(2)20-17(22)11-27-15-7-6-13(9-16(15)26-3)18(23)21-8-4-5-14(10-21)19(24)25/h6-7,9,12,14H,4-5,8,10-11H2,1-3H3,(H,20,22)(H,24,25)/t14-/m0/s1. The number of nitrogens with zero attached hydrogens (tertiary/aromatic N) is 1. The molecule has 2 amide bonds. The van der Waals surface area contributed by atoms with Crippen LogP contribution in [0.3, 0.4) is 0 Å². The van der Waals surface area contributed by atoms with Gasteiger partial charge in [-0.15, -0.1) is 0 Å². The molecule has 8 nitrogen and oxygen atoms in total. The van der Waals surface area contributed by atoms with Gasteiger partial charge in [-0.3, -0.25) is 14.4 Å². The lowest BCUT2D eigenvalue weighted by atomic mass is 9.97. The Morgan fingerprint density at radius 3 is 2.67 bits per heavy atom. The van der Waals surface area contributed by atoms with Gasteiger partial charge in [0.25, 0.3) is 11.8 Å². The van der Waals surface area contributed by atoms with E-state index in [2.05, 4.69) is 5.32 Å². The lowest BCUT2D eigenvalue weighted by Gasteiger charge is -2.30. The van der Waals surface area contributed by atoms with Crippen LogP contribution in [0.5, 0.6) is 11.5 Å². The van der Waals surface area contributed by atoms with Crippen molar-refractivity contribution in [1.82, 2.24) is 10.2 Å². The highest BCUT2D eigenvalue weighted by Gasteiger charge is 2.29. The maximum Gasteiger partial charge on any atom is 0.308 e. The Bertz CT molecular complexity index is 703. The molecule has 1 atom stereocenters. The summed E-state index contributed by atoms with van der Waals surface area (Å²) in [5, 5.41) is 11.9. The van der Waals surface area contributed by atoms with Crippen molar-refractivity contribution in [2.24, 2.45) is 5.92 Å². The molecule has 0 aliphatic carbocycles. The highest BCUT2D eigenvalue weighted by molar-refractivity contribution is 5.95. The van der Waals surface area contributed by atoms with E-state index < -0.39 is 11.9 Å². The summed E-state index contributed by atoms with van der Waals surface area (Å²) in [5.74, 6) is -1.22. The van der Waals surface area contributed by atoms with Crippen molar-refractivity contribution in [2.45, 2.75) is 32.7 Å². The van der Waals surface area contributed by atoms with E-state index in [1.807, 2.05) is 13.8 Å². The van der Waals surface area contributed by atoms with Crippen molar-refractivity contribution in [3.63, 3.8) is 0 Å². The minimum atomic E-state index is -0.881. The smallest absolute Gasteiger partial charge is 0.308 e. The van der Waals surface area contributed by atoms with Crippen LogP contribution < -0.4 is 14.8 Å². The molecule has 0 aromatic heterocycles.